The number of hydrogen-bond donors (Lipinski definition) is 2. The average Bonchev–Trinajstić information content (AvgIpc) is 3.01. The molecule has 124 valence electrons. The normalized spacial score (nSPS) is 12.2. The van der Waals surface area contributed by atoms with E-state index in [1.54, 1.807) is 29.2 Å². The predicted octanol–water partition coefficient (Wildman–Crippen LogP) is 4.55. The lowest BCUT2D eigenvalue weighted by Gasteiger charge is -2.23. The molecule has 0 aliphatic carbocycles. The molecule has 1 atom stereocenters. The fourth-order valence-electron chi connectivity index (χ4n) is 2.15. The van der Waals surface area contributed by atoms with Crippen molar-refractivity contribution < 1.29 is 4.79 Å². The fraction of sp³-hybridized carbons (Fsp3) is 0.312. The Balaban J connectivity index is 1.98. The molecule has 0 saturated heterocycles. The van der Waals surface area contributed by atoms with Gasteiger partial charge >= 0.3 is 6.03 Å². The van der Waals surface area contributed by atoms with Crippen LogP contribution in [0.25, 0.3) is 0 Å². The summed E-state index contributed by atoms with van der Waals surface area (Å²) < 4.78 is 0. The molecule has 0 saturated carbocycles. The number of thioether (sulfide) groups is 1. The molecule has 0 spiro atoms. The van der Waals surface area contributed by atoms with Gasteiger partial charge in [0.2, 0.25) is 0 Å². The Morgan fingerprint density at radius 1 is 1.39 bits per heavy atom. The Morgan fingerprint density at radius 2 is 2.17 bits per heavy atom. The number of amides is 2. The van der Waals surface area contributed by atoms with Crippen LogP contribution in [0.15, 0.2) is 40.6 Å². The van der Waals surface area contributed by atoms with Crippen LogP contribution in [-0.2, 0) is 0 Å². The van der Waals surface area contributed by atoms with Crippen molar-refractivity contribution in [3.63, 3.8) is 0 Å². The summed E-state index contributed by atoms with van der Waals surface area (Å²) in [5.41, 5.74) is 0.722. The van der Waals surface area contributed by atoms with E-state index in [1.807, 2.05) is 43.9 Å². The number of carbonyl (C=O) groups is 1. The minimum atomic E-state index is -0.231. The van der Waals surface area contributed by atoms with Crippen molar-refractivity contribution in [2.24, 2.45) is 0 Å². The van der Waals surface area contributed by atoms with E-state index >= 15 is 0 Å². The van der Waals surface area contributed by atoms with E-state index in [0.29, 0.717) is 11.6 Å². The standard InChI is InChI=1S/C16H20ClN3OS2/c1-20(2)13(15-5-4-8-23-15)10-18-16(21)19-12-9-11(17)6-7-14(12)22-3/h4-9,13H,10H2,1-3H3,(H2,18,19,21). The number of likely N-dealkylation sites (N-methyl/N-ethyl adjacent to an activating group) is 1. The molecule has 23 heavy (non-hydrogen) atoms. The highest BCUT2D eigenvalue weighted by molar-refractivity contribution is 7.98. The predicted molar refractivity (Wildman–Crippen MR) is 101 cm³/mol. The lowest BCUT2D eigenvalue weighted by atomic mass is 10.2. The van der Waals surface area contributed by atoms with E-state index in [2.05, 4.69) is 21.6 Å². The van der Waals surface area contributed by atoms with Gasteiger partial charge in [-0.15, -0.1) is 23.1 Å². The van der Waals surface area contributed by atoms with Crippen molar-refractivity contribution >= 4 is 46.4 Å². The molecule has 0 aliphatic heterocycles. The molecule has 1 aromatic carbocycles. The zero-order valence-corrected chi connectivity index (χ0v) is 15.7. The summed E-state index contributed by atoms with van der Waals surface area (Å²) in [6, 6.07) is 9.50. The third-order valence-electron chi connectivity index (χ3n) is 3.36. The molecule has 4 nitrogen and oxygen atoms in total. The van der Waals surface area contributed by atoms with E-state index in [0.717, 1.165) is 10.6 Å². The molecule has 0 radical (unpaired) electrons. The summed E-state index contributed by atoms with van der Waals surface area (Å²) in [4.78, 5) is 16.5. The van der Waals surface area contributed by atoms with Crippen molar-refractivity contribution in [2.45, 2.75) is 10.9 Å². The van der Waals surface area contributed by atoms with E-state index in [-0.39, 0.29) is 12.1 Å². The molecule has 0 aliphatic rings. The van der Waals surface area contributed by atoms with Gasteiger partial charge in [0.05, 0.1) is 11.7 Å². The highest BCUT2D eigenvalue weighted by Gasteiger charge is 2.16. The summed E-state index contributed by atoms with van der Waals surface area (Å²) >= 11 is 9.26. The van der Waals surface area contributed by atoms with E-state index in [9.17, 15) is 4.79 Å². The number of anilines is 1. The Hall–Kier alpha value is -1.21. The quantitative estimate of drug-likeness (QED) is 0.734. The van der Waals surface area contributed by atoms with Crippen LogP contribution >= 0.6 is 34.7 Å². The van der Waals surface area contributed by atoms with Crippen LogP contribution < -0.4 is 10.6 Å². The maximum absolute atomic E-state index is 12.2. The number of halogens is 1. The van der Waals surface area contributed by atoms with Gasteiger partial charge in [-0.05, 0) is 50.0 Å². The van der Waals surface area contributed by atoms with Crippen LogP contribution in [0.4, 0.5) is 10.5 Å². The zero-order valence-electron chi connectivity index (χ0n) is 13.3. The minimum Gasteiger partial charge on any atom is -0.336 e. The maximum atomic E-state index is 12.2. The lowest BCUT2D eigenvalue weighted by Crippen LogP contribution is -2.36. The topological polar surface area (TPSA) is 44.4 Å². The third kappa shape index (κ3) is 5.14. The first-order valence-corrected chi connectivity index (χ1v) is 9.57. The minimum absolute atomic E-state index is 0.153. The van der Waals surface area contributed by atoms with Crippen LogP contribution in [0, 0.1) is 0 Å². The van der Waals surface area contributed by atoms with E-state index in [1.165, 1.54) is 4.88 Å². The van der Waals surface area contributed by atoms with Gasteiger partial charge in [-0.1, -0.05) is 17.7 Å². The summed E-state index contributed by atoms with van der Waals surface area (Å²) in [7, 11) is 4.01. The summed E-state index contributed by atoms with van der Waals surface area (Å²) in [6.07, 6.45) is 1.96. The lowest BCUT2D eigenvalue weighted by molar-refractivity contribution is 0.244. The van der Waals surface area contributed by atoms with Crippen molar-refractivity contribution in [1.29, 1.82) is 0 Å². The number of nitrogens with zero attached hydrogens (tertiary/aromatic N) is 1. The molecule has 1 unspecified atom stereocenters. The van der Waals surface area contributed by atoms with Gasteiger partial charge in [0.25, 0.3) is 0 Å². The van der Waals surface area contributed by atoms with Crippen LogP contribution in [-0.4, -0.2) is 37.8 Å². The second-order valence-electron chi connectivity index (χ2n) is 5.17. The number of thiophene rings is 1. The van der Waals surface area contributed by atoms with Gasteiger partial charge < -0.3 is 15.5 Å². The third-order valence-corrected chi connectivity index (χ3v) is 5.37. The molecule has 0 bridgehead atoms. The zero-order chi connectivity index (χ0) is 16.8. The van der Waals surface area contributed by atoms with E-state index < -0.39 is 0 Å². The van der Waals surface area contributed by atoms with Gasteiger partial charge in [-0.25, -0.2) is 4.79 Å². The summed E-state index contributed by atoms with van der Waals surface area (Å²) in [5.74, 6) is 0. The molecule has 1 heterocycles. The second-order valence-corrected chi connectivity index (χ2v) is 7.44. The Labute approximate surface area is 150 Å². The number of hydrogen-bond acceptors (Lipinski definition) is 4. The monoisotopic (exact) mass is 369 g/mol. The van der Waals surface area contributed by atoms with Gasteiger partial charge in [0, 0.05) is 21.3 Å². The molecule has 2 N–H and O–H groups in total. The number of rotatable bonds is 6. The maximum Gasteiger partial charge on any atom is 0.319 e. The summed E-state index contributed by atoms with van der Waals surface area (Å²) in [5, 5.41) is 8.45. The molecule has 7 heteroatoms. The highest BCUT2D eigenvalue weighted by Crippen LogP contribution is 2.28. The molecule has 2 rings (SSSR count). The van der Waals surface area contributed by atoms with Crippen LogP contribution in [0.3, 0.4) is 0 Å². The van der Waals surface area contributed by atoms with Gasteiger partial charge in [0.15, 0.2) is 0 Å². The molecule has 2 amide bonds. The summed E-state index contributed by atoms with van der Waals surface area (Å²) in [6.45, 7) is 0.536. The Bertz CT molecular complexity index is 647. The Morgan fingerprint density at radius 3 is 2.78 bits per heavy atom. The SMILES string of the molecule is CSc1ccc(Cl)cc1NC(=O)NCC(c1cccs1)N(C)C. The first kappa shape index (κ1) is 18.1. The Kier molecular flexibility index (Phi) is 6.77. The molecule has 2 aromatic rings. The largest absolute Gasteiger partial charge is 0.336 e. The first-order chi connectivity index (χ1) is 11.0. The molecule has 1 aromatic heterocycles. The molecule has 0 fully saturated rings. The van der Waals surface area contributed by atoms with Crippen LogP contribution in [0.2, 0.25) is 5.02 Å². The van der Waals surface area contributed by atoms with Crippen LogP contribution in [0.5, 0.6) is 0 Å². The van der Waals surface area contributed by atoms with Crippen molar-refractivity contribution in [2.75, 3.05) is 32.2 Å². The smallest absolute Gasteiger partial charge is 0.319 e. The second kappa shape index (κ2) is 8.59. The molecular formula is C16H20ClN3OS2. The first-order valence-electron chi connectivity index (χ1n) is 7.09. The highest BCUT2D eigenvalue weighted by atomic mass is 35.5. The van der Waals surface area contributed by atoms with Crippen LogP contribution in [0.1, 0.15) is 10.9 Å². The number of nitrogens with one attached hydrogen (secondary N) is 2. The van der Waals surface area contributed by atoms with Gasteiger partial charge in [0.1, 0.15) is 0 Å². The van der Waals surface area contributed by atoms with E-state index in [4.69, 9.17) is 11.6 Å². The van der Waals surface area contributed by atoms with Gasteiger partial charge in [-0.3, -0.25) is 0 Å². The van der Waals surface area contributed by atoms with Crippen molar-refractivity contribution in [3.8, 4) is 0 Å². The fourth-order valence-corrected chi connectivity index (χ4v) is 3.78. The molecular weight excluding hydrogens is 350 g/mol. The van der Waals surface area contributed by atoms with Gasteiger partial charge in [-0.2, -0.15) is 0 Å². The number of benzene rings is 1. The number of carbonyl (C=O) groups excluding carboxylic acids is 1. The van der Waals surface area contributed by atoms with Crippen molar-refractivity contribution in [3.05, 3.63) is 45.6 Å². The van der Waals surface area contributed by atoms with Crippen molar-refractivity contribution in [1.82, 2.24) is 10.2 Å². The number of urea groups is 1. The average molecular weight is 370 g/mol.